The quantitative estimate of drug-likeness (QED) is 0.748. The first-order valence-corrected chi connectivity index (χ1v) is 6.64. The van der Waals surface area contributed by atoms with Gasteiger partial charge in [-0.05, 0) is 0 Å². The maximum absolute atomic E-state index is 11.0. The van der Waals surface area contributed by atoms with E-state index in [1.54, 1.807) is 24.3 Å². The van der Waals surface area contributed by atoms with E-state index >= 15 is 0 Å². The Balaban J connectivity index is 3.11. The summed E-state index contributed by atoms with van der Waals surface area (Å²) in [6.45, 7) is 1.83. The van der Waals surface area contributed by atoms with Gasteiger partial charge in [0.05, 0.1) is 0 Å². The third-order valence-corrected chi connectivity index (χ3v) is 3.61. The van der Waals surface area contributed by atoms with Gasteiger partial charge >= 0.3 is 81.5 Å². The second-order valence-electron chi connectivity index (χ2n) is 2.76. The number of hydrogen-bond acceptors (Lipinski definition) is 2. The molecule has 2 unspecified atom stereocenters. The minimum absolute atomic E-state index is 0.407. The van der Waals surface area contributed by atoms with Crippen molar-refractivity contribution in [2.75, 3.05) is 0 Å². The molecule has 71 valence electrons. The number of aliphatic hydroxyl groups excluding tert-OH is 1. The SMILES string of the molecule is CCC(O)c1ccccc1[As](=O)O. The Bertz CT molecular complexity index is 311. The average Bonchev–Trinajstić information content (AvgIpc) is 2.16. The molecule has 0 bridgehead atoms. The molecule has 0 saturated heterocycles. The summed E-state index contributed by atoms with van der Waals surface area (Å²) >= 11 is -3.11. The van der Waals surface area contributed by atoms with Gasteiger partial charge in [0.15, 0.2) is 0 Å². The Morgan fingerprint density at radius 3 is 2.62 bits per heavy atom. The molecule has 0 aliphatic carbocycles. The van der Waals surface area contributed by atoms with E-state index in [4.69, 9.17) is 4.10 Å². The van der Waals surface area contributed by atoms with Crippen LogP contribution in [-0.2, 0) is 3.74 Å². The van der Waals surface area contributed by atoms with Crippen molar-refractivity contribution in [1.82, 2.24) is 0 Å². The minimum atomic E-state index is -3.11. The van der Waals surface area contributed by atoms with Crippen LogP contribution in [0.4, 0.5) is 0 Å². The predicted molar refractivity (Wildman–Crippen MR) is 50.0 cm³/mol. The van der Waals surface area contributed by atoms with Crippen molar-refractivity contribution in [3.63, 3.8) is 0 Å². The van der Waals surface area contributed by atoms with E-state index in [0.717, 1.165) is 0 Å². The summed E-state index contributed by atoms with van der Waals surface area (Å²) in [5.74, 6) is 0. The first kappa shape index (κ1) is 10.6. The number of hydrogen-bond donors (Lipinski definition) is 2. The summed E-state index contributed by atoms with van der Waals surface area (Å²) in [7, 11) is 0. The van der Waals surface area contributed by atoms with E-state index < -0.39 is 21.0 Å². The molecule has 0 aromatic heterocycles. The van der Waals surface area contributed by atoms with Gasteiger partial charge in [-0.3, -0.25) is 0 Å². The van der Waals surface area contributed by atoms with E-state index in [1.165, 1.54) is 0 Å². The van der Waals surface area contributed by atoms with E-state index in [2.05, 4.69) is 0 Å². The van der Waals surface area contributed by atoms with Crippen molar-refractivity contribution in [3.8, 4) is 0 Å². The zero-order valence-corrected chi connectivity index (χ0v) is 9.22. The normalized spacial score (nSPS) is 13.9. The van der Waals surface area contributed by atoms with E-state index in [9.17, 15) is 8.85 Å². The van der Waals surface area contributed by atoms with Crippen molar-refractivity contribution in [2.45, 2.75) is 19.4 Å². The average molecular weight is 243 g/mol. The molecule has 0 aliphatic rings. The first-order chi connectivity index (χ1) is 6.16. The fraction of sp³-hybridized carbons (Fsp3) is 0.333. The van der Waals surface area contributed by atoms with Crippen LogP contribution in [0.15, 0.2) is 24.3 Å². The van der Waals surface area contributed by atoms with Gasteiger partial charge in [-0.15, -0.1) is 0 Å². The molecule has 3 nitrogen and oxygen atoms in total. The molecule has 13 heavy (non-hydrogen) atoms. The van der Waals surface area contributed by atoms with Crippen LogP contribution >= 0.6 is 0 Å². The molecule has 0 heterocycles. The fourth-order valence-electron chi connectivity index (χ4n) is 1.16. The number of aliphatic hydroxyl groups is 1. The Hall–Kier alpha value is -0.502. The summed E-state index contributed by atoms with van der Waals surface area (Å²) in [5.41, 5.74) is 0.586. The summed E-state index contributed by atoms with van der Waals surface area (Å²) in [4.78, 5) is 0. The second-order valence-corrected chi connectivity index (χ2v) is 4.91. The van der Waals surface area contributed by atoms with Crippen LogP contribution < -0.4 is 4.35 Å². The predicted octanol–water partition coefficient (Wildman–Crippen LogP) is 0.248. The zero-order chi connectivity index (χ0) is 9.84. The zero-order valence-electron chi connectivity index (χ0n) is 7.34. The van der Waals surface area contributed by atoms with Crippen molar-refractivity contribution < 1.29 is 12.9 Å². The Labute approximate surface area is 81.9 Å². The van der Waals surface area contributed by atoms with E-state index in [1.807, 2.05) is 6.92 Å². The van der Waals surface area contributed by atoms with Crippen LogP contribution in [-0.4, -0.2) is 24.1 Å². The van der Waals surface area contributed by atoms with Crippen molar-refractivity contribution in [3.05, 3.63) is 29.8 Å². The molecule has 2 N–H and O–H groups in total. The van der Waals surface area contributed by atoms with Crippen LogP contribution in [0.1, 0.15) is 25.0 Å². The van der Waals surface area contributed by atoms with E-state index in [-0.39, 0.29) is 0 Å². The molecule has 0 fully saturated rings. The monoisotopic (exact) mass is 243 g/mol. The number of benzene rings is 1. The summed E-state index contributed by atoms with van der Waals surface area (Å²) < 4.78 is 20.4. The molecule has 0 spiro atoms. The number of rotatable bonds is 3. The van der Waals surface area contributed by atoms with Crippen LogP contribution in [0, 0.1) is 0 Å². The molecule has 2 atom stereocenters. The Kier molecular flexibility index (Phi) is 3.79. The molecule has 4 heteroatoms. The molecule has 1 aromatic carbocycles. The van der Waals surface area contributed by atoms with Gasteiger partial charge < -0.3 is 0 Å². The van der Waals surface area contributed by atoms with Crippen molar-refractivity contribution >= 4 is 19.3 Å². The van der Waals surface area contributed by atoms with Gasteiger partial charge in [0.25, 0.3) is 0 Å². The molecule has 1 radical (unpaired) electrons. The van der Waals surface area contributed by atoms with E-state index in [0.29, 0.717) is 16.3 Å². The molecule has 0 saturated carbocycles. The second kappa shape index (κ2) is 4.66. The molecule has 0 amide bonds. The fourth-order valence-corrected chi connectivity index (χ4v) is 2.54. The maximum atomic E-state index is 11.0. The standard InChI is InChI=1S/C9H12AsO3/c1-2-9(11)7-5-3-4-6-8(7)10(12)13/h3-6,9,11H,2H2,1H3,(H,12,13). The van der Waals surface area contributed by atoms with Crippen LogP contribution in [0.5, 0.6) is 0 Å². The summed E-state index contributed by atoms with van der Waals surface area (Å²) in [5, 5.41) is 9.53. The first-order valence-electron chi connectivity index (χ1n) is 4.10. The summed E-state index contributed by atoms with van der Waals surface area (Å²) in [6.07, 6.45) is -0.0756. The molecule has 1 rings (SSSR count). The van der Waals surface area contributed by atoms with Gasteiger partial charge in [-0.25, -0.2) is 0 Å². The van der Waals surface area contributed by atoms with Crippen LogP contribution in [0.25, 0.3) is 0 Å². The van der Waals surface area contributed by atoms with Gasteiger partial charge in [0.1, 0.15) is 0 Å². The molecular formula is C9H12AsO3. The Morgan fingerprint density at radius 2 is 2.08 bits per heavy atom. The van der Waals surface area contributed by atoms with Gasteiger partial charge in [0, 0.05) is 0 Å². The van der Waals surface area contributed by atoms with Gasteiger partial charge in [-0.2, -0.15) is 0 Å². The summed E-state index contributed by atoms with van der Waals surface area (Å²) in [6, 6.07) is 6.76. The third-order valence-electron chi connectivity index (χ3n) is 1.89. The van der Waals surface area contributed by atoms with Gasteiger partial charge in [0.2, 0.25) is 0 Å². The molecule has 1 aromatic rings. The van der Waals surface area contributed by atoms with Gasteiger partial charge in [-0.1, -0.05) is 0 Å². The van der Waals surface area contributed by atoms with Crippen LogP contribution in [0.2, 0.25) is 0 Å². The molecule has 0 aliphatic heterocycles. The third kappa shape index (κ3) is 2.47. The van der Waals surface area contributed by atoms with Crippen molar-refractivity contribution in [2.24, 2.45) is 0 Å². The molecular weight excluding hydrogens is 231 g/mol. The van der Waals surface area contributed by atoms with Crippen LogP contribution in [0.3, 0.4) is 0 Å². The van der Waals surface area contributed by atoms with Crippen molar-refractivity contribution in [1.29, 1.82) is 0 Å². The Morgan fingerprint density at radius 1 is 1.46 bits per heavy atom. The topological polar surface area (TPSA) is 57.5 Å².